The number of carbonyl (C=O) groups is 1. The molecule has 0 aliphatic rings. The van der Waals surface area contributed by atoms with Crippen molar-refractivity contribution in [1.29, 1.82) is 0 Å². The molecule has 0 saturated carbocycles. The zero-order valence-electron chi connectivity index (χ0n) is 9.39. The molecule has 0 spiro atoms. The van der Waals surface area contributed by atoms with Crippen LogP contribution in [0.4, 0.5) is 8.78 Å². The van der Waals surface area contributed by atoms with Crippen LogP contribution in [0.1, 0.15) is 35.7 Å². The standard InChI is InChI=1S/C12H15F2NO/c1-3-4-9(15)12(16)8-6-5-7(2)10(13)11(8)14/h5-6,9H,3-4,15H2,1-2H3. The Hall–Kier alpha value is -1.29. The van der Waals surface area contributed by atoms with Gasteiger partial charge < -0.3 is 5.73 Å². The number of halogens is 2. The van der Waals surface area contributed by atoms with Crippen LogP contribution in [-0.4, -0.2) is 11.8 Å². The molecule has 1 rings (SSSR count). The summed E-state index contributed by atoms with van der Waals surface area (Å²) in [6.45, 7) is 3.32. The lowest BCUT2D eigenvalue weighted by Crippen LogP contribution is -2.31. The Labute approximate surface area is 93.5 Å². The Morgan fingerprint density at radius 2 is 2.00 bits per heavy atom. The topological polar surface area (TPSA) is 43.1 Å². The zero-order chi connectivity index (χ0) is 12.3. The molecule has 0 amide bonds. The predicted molar refractivity (Wildman–Crippen MR) is 58.3 cm³/mol. The summed E-state index contributed by atoms with van der Waals surface area (Å²) in [5, 5.41) is 0. The van der Waals surface area contributed by atoms with Crippen LogP contribution in [0.25, 0.3) is 0 Å². The number of benzene rings is 1. The highest BCUT2D eigenvalue weighted by Gasteiger charge is 2.21. The van der Waals surface area contributed by atoms with Gasteiger partial charge in [-0.25, -0.2) is 8.78 Å². The van der Waals surface area contributed by atoms with Gasteiger partial charge >= 0.3 is 0 Å². The molecular formula is C12H15F2NO. The average Bonchev–Trinajstić information content (AvgIpc) is 2.26. The van der Waals surface area contributed by atoms with Gasteiger partial charge in [0, 0.05) is 0 Å². The van der Waals surface area contributed by atoms with E-state index in [2.05, 4.69) is 0 Å². The molecular weight excluding hydrogens is 212 g/mol. The third-order valence-electron chi connectivity index (χ3n) is 2.48. The third kappa shape index (κ3) is 2.44. The van der Waals surface area contributed by atoms with Crippen molar-refractivity contribution in [2.45, 2.75) is 32.7 Å². The quantitative estimate of drug-likeness (QED) is 0.803. The van der Waals surface area contributed by atoms with Gasteiger partial charge in [0.2, 0.25) is 0 Å². The number of ketones is 1. The van der Waals surface area contributed by atoms with Crippen LogP contribution >= 0.6 is 0 Å². The predicted octanol–water partition coefficient (Wildman–Crippen LogP) is 2.58. The van der Waals surface area contributed by atoms with Crippen molar-refractivity contribution in [2.24, 2.45) is 5.73 Å². The molecule has 1 unspecified atom stereocenters. The molecule has 0 heterocycles. The minimum atomic E-state index is -1.10. The normalized spacial score (nSPS) is 12.6. The maximum atomic E-state index is 13.5. The molecule has 0 saturated heterocycles. The fourth-order valence-corrected chi connectivity index (χ4v) is 1.48. The first-order chi connectivity index (χ1) is 7.49. The van der Waals surface area contributed by atoms with E-state index in [0.717, 1.165) is 6.42 Å². The van der Waals surface area contributed by atoms with E-state index in [-0.39, 0.29) is 11.1 Å². The van der Waals surface area contributed by atoms with E-state index < -0.39 is 23.5 Å². The van der Waals surface area contributed by atoms with Crippen molar-refractivity contribution >= 4 is 5.78 Å². The summed E-state index contributed by atoms with van der Waals surface area (Å²) in [5.41, 5.74) is 5.50. The van der Waals surface area contributed by atoms with Gasteiger partial charge in [0.15, 0.2) is 17.4 Å². The Kier molecular flexibility index (Phi) is 4.12. The summed E-state index contributed by atoms with van der Waals surface area (Å²) < 4.78 is 26.7. The molecule has 1 atom stereocenters. The van der Waals surface area contributed by atoms with E-state index in [1.54, 1.807) is 0 Å². The van der Waals surface area contributed by atoms with Crippen LogP contribution in [0.15, 0.2) is 12.1 Å². The first-order valence-corrected chi connectivity index (χ1v) is 5.23. The smallest absolute Gasteiger partial charge is 0.182 e. The molecule has 16 heavy (non-hydrogen) atoms. The highest BCUT2D eigenvalue weighted by Crippen LogP contribution is 2.17. The second kappa shape index (κ2) is 5.16. The minimum Gasteiger partial charge on any atom is -0.321 e. The Balaban J connectivity index is 3.05. The summed E-state index contributed by atoms with van der Waals surface area (Å²) in [6, 6.07) is 1.90. The summed E-state index contributed by atoms with van der Waals surface area (Å²) in [6.07, 6.45) is 1.19. The zero-order valence-corrected chi connectivity index (χ0v) is 9.39. The average molecular weight is 227 g/mol. The van der Waals surface area contributed by atoms with Gasteiger partial charge in [-0.1, -0.05) is 19.4 Å². The van der Waals surface area contributed by atoms with E-state index >= 15 is 0 Å². The van der Waals surface area contributed by atoms with Gasteiger partial charge in [0.05, 0.1) is 11.6 Å². The molecule has 1 aromatic rings. The van der Waals surface area contributed by atoms with Gasteiger partial charge in [-0.05, 0) is 25.0 Å². The van der Waals surface area contributed by atoms with Gasteiger partial charge in [0.25, 0.3) is 0 Å². The van der Waals surface area contributed by atoms with Gasteiger partial charge in [-0.3, -0.25) is 4.79 Å². The van der Waals surface area contributed by atoms with Crippen LogP contribution in [0.2, 0.25) is 0 Å². The number of hydrogen-bond acceptors (Lipinski definition) is 2. The van der Waals surface area contributed by atoms with Crippen LogP contribution in [-0.2, 0) is 0 Å². The third-order valence-corrected chi connectivity index (χ3v) is 2.48. The number of Topliss-reactive ketones (excluding diaryl/α,β-unsaturated/α-hetero) is 1. The molecule has 0 radical (unpaired) electrons. The lowest BCUT2D eigenvalue weighted by molar-refractivity contribution is 0.0951. The molecule has 2 N–H and O–H groups in total. The van der Waals surface area contributed by atoms with Crippen LogP contribution < -0.4 is 5.73 Å². The van der Waals surface area contributed by atoms with Crippen molar-refractivity contribution in [3.8, 4) is 0 Å². The van der Waals surface area contributed by atoms with Crippen LogP contribution in [0.5, 0.6) is 0 Å². The maximum Gasteiger partial charge on any atom is 0.182 e. The lowest BCUT2D eigenvalue weighted by atomic mass is 9.99. The van der Waals surface area contributed by atoms with Crippen molar-refractivity contribution in [3.63, 3.8) is 0 Å². The van der Waals surface area contributed by atoms with Gasteiger partial charge in [0.1, 0.15) is 0 Å². The summed E-state index contributed by atoms with van der Waals surface area (Å²) >= 11 is 0. The second-order valence-corrected chi connectivity index (χ2v) is 3.82. The fraction of sp³-hybridized carbons (Fsp3) is 0.417. The molecule has 0 fully saturated rings. The van der Waals surface area contributed by atoms with Crippen molar-refractivity contribution in [3.05, 3.63) is 34.9 Å². The molecule has 0 aliphatic heterocycles. The molecule has 0 aliphatic carbocycles. The Morgan fingerprint density at radius 1 is 1.38 bits per heavy atom. The van der Waals surface area contributed by atoms with E-state index in [0.29, 0.717) is 6.42 Å². The molecule has 0 bridgehead atoms. The monoisotopic (exact) mass is 227 g/mol. The molecule has 1 aromatic carbocycles. The second-order valence-electron chi connectivity index (χ2n) is 3.82. The number of rotatable bonds is 4. The first-order valence-electron chi connectivity index (χ1n) is 5.23. The Morgan fingerprint density at radius 3 is 2.56 bits per heavy atom. The first kappa shape index (κ1) is 12.8. The summed E-state index contributed by atoms with van der Waals surface area (Å²) in [4.78, 5) is 11.7. The van der Waals surface area contributed by atoms with Gasteiger partial charge in [-0.2, -0.15) is 0 Å². The molecule has 88 valence electrons. The van der Waals surface area contributed by atoms with E-state index in [9.17, 15) is 13.6 Å². The fourth-order valence-electron chi connectivity index (χ4n) is 1.48. The number of aryl methyl sites for hydroxylation is 1. The van der Waals surface area contributed by atoms with Crippen LogP contribution in [0.3, 0.4) is 0 Å². The number of nitrogens with two attached hydrogens (primary N) is 1. The highest BCUT2D eigenvalue weighted by molar-refractivity contribution is 6.00. The van der Waals surface area contributed by atoms with E-state index in [1.165, 1.54) is 19.1 Å². The summed E-state index contributed by atoms with van der Waals surface area (Å²) in [7, 11) is 0. The molecule has 4 heteroatoms. The molecule has 0 aromatic heterocycles. The van der Waals surface area contributed by atoms with Crippen molar-refractivity contribution in [2.75, 3.05) is 0 Å². The maximum absolute atomic E-state index is 13.5. The van der Waals surface area contributed by atoms with Crippen molar-refractivity contribution in [1.82, 2.24) is 0 Å². The summed E-state index contributed by atoms with van der Waals surface area (Å²) in [5.74, 6) is -2.62. The largest absolute Gasteiger partial charge is 0.321 e. The Bertz CT molecular complexity index is 404. The highest BCUT2D eigenvalue weighted by atomic mass is 19.2. The van der Waals surface area contributed by atoms with E-state index in [1.807, 2.05) is 6.92 Å². The minimum absolute atomic E-state index is 0.179. The van der Waals surface area contributed by atoms with Crippen molar-refractivity contribution < 1.29 is 13.6 Å². The number of hydrogen-bond donors (Lipinski definition) is 1. The van der Waals surface area contributed by atoms with Crippen LogP contribution in [0, 0.1) is 18.6 Å². The molecule has 2 nitrogen and oxygen atoms in total. The number of carbonyl (C=O) groups excluding carboxylic acids is 1. The van der Waals surface area contributed by atoms with E-state index in [4.69, 9.17) is 5.73 Å². The van der Waals surface area contributed by atoms with Gasteiger partial charge in [-0.15, -0.1) is 0 Å². The lowest BCUT2D eigenvalue weighted by Gasteiger charge is -2.10. The SMILES string of the molecule is CCCC(N)C(=O)c1ccc(C)c(F)c1F.